The van der Waals surface area contributed by atoms with Crippen LogP contribution >= 0.6 is 0 Å². The molecule has 0 aliphatic carbocycles. The highest BCUT2D eigenvalue weighted by atomic mass is 16.5. The Labute approximate surface area is 114 Å². The maximum absolute atomic E-state index is 12.5. The van der Waals surface area contributed by atoms with Gasteiger partial charge in [-0.3, -0.25) is 9.59 Å². The number of ether oxygens (including phenoxy) is 1. The van der Waals surface area contributed by atoms with Gasteiger partial charge in [-0.1, -0.05) is 20.8 Å². The molecule has 108 valence electrons. The number of rotatable bonds is 1. The monoisotopic (exact) mass is 268 g/mol. The predicted octanol–water partition coefficient (Wildman–Crippen LogP) is 0.882. The highest BCUT2D eigenvalue weighted by Gasteiger charge is 2.40. The molecule has 0 radical (unpaired) electrons. The lowest BCUT2D eigenvalue weighted by atomic mass is 9.94. The SMILES string of the molecule is CC(C)(C)C(=O)N1CCCC1C(=O)N1CCOCC1. The van der Waals surface area contributed by atoms with Crippen molar-refractivity contribution in [1.29, 1.82) is 0 Å². The van der Waals surface area contributed by atoms with Crippen LogP contribution in [-0.2, 0) is 14.3 Å². The second kappa shape index (κ2) is 5.49. The summed E-state index contributed by atoms with van der Waals surface area (Å²) in [7, 11) is 0. The van der Waals surface area contributed by atoms with Gasteiger partial charge in [0.05, 0.1) is 13.2 Å². The molecule has 2 aliphatic rings. The minimum Gasteiger partial charge on any atom is -0.378 e. The molecule has 2 saturated heterocycles. The van der Waals surface area contributed by atoms with E-state index in [-0.39, 0.29) is 17.9 Å². The number of amides is 2. The van der Waals surface area contributed by atoms with Gasteiger partial charge in [0.1, 0.15) is 6.04 Å². The van der Waals surface area contributed by atoms with Gasteiger partial charge < -0.3 is 14.5 Å². The van der Waals surface area contributed by atoms with Crippen molar-refractivity contribution in [3.8, 4) is 0 Å². The Morgan fingerprint density at radius 1 is 1.11 bits per heavy atom. The van der Waals surface area contributed by atoms with Crippen LogP contribution in [0.5, 0.6) is 0 Å². The van der Waals surface area contributed by atoms with E-state index >= 15 is 0 Å². The third kappa shape index (κ3) is 3.08. The third-order valence-corrected chi connectivity index (χ3v) is 3.76. The fourth-order valence-corrected chi connectivity index (χ4v) is 2.69. The molecule has 5 heteroatoms. The number of hydrogen-bond donors (Lipinski definition) is 0. The Morgan fingerprint density at radius 3 is 2.32 bits per heavy atom. The Morgan fingerprint density at radius 2 is 1.74 bits per heavy atom. The lowest BCUT2D eigenvalue weighted by Crippen LogP contribution is -2.52. The van der Waals surface area contributed by atoms with Crippen LogP contribution in [0, 0.1) is 5.41 Å². The van der Waals surface area contributed by atoms with Crippen molar-refractivity contribution < 1.29 is 14.3 Å². The van der Waals surface area contributed by atoms with Crippen molar-refractivity contribution in [3.05, 3.63) is 0 Å². The molecule has 0 bridgehead atoms. The molecule has 19 heavy (non-hydrogen) atoms. The van der Waals surface area contributed by atoms with Gasteiger partial charge in [-0.25, -0.2) is 0 Å². The van der Waals surface area contributed by atoms with Gasteiger partial charge in [-0.05, 0) is 12.8 Å². The smallest absolute Gasteiger partial charge is 0.245 e. The molecule has 2 fully saturated rings. The summed E-state index contributed by atoms with van der Waals surface area (Å²) in [6.07, 6.45) is 1.71. The summed E-state index contributed by atoms with van der Waals surface area (Å²) >= 11 is 0. The summed E-state index contributed by atoms with van der Waals surface area (Å²) in [5.74, 6) is 0.176. The van der Waals surface area contributed by atoms with Gasteiger partial charge in [-0.15, -0.1) is 0 Å². The second-order valence-corrected chi connectivity index (χ2v) is 6.34. The first kappa shape index (κ1) is 14.3. The average molecular weight is 268 g/mol. The van der Waals surface area contributed by atoms with Crippen molar-refractivity contribution in [3.63, 3.8) is 0 Å². The second-order valence-electron chi connectivity index (χ2n) is 6.34. The zero-order chi connectivity index (χ0) is 14.0. The molecule has 0 spiro atoms. The molecule has 2 rings (SSSR count). The number of carbonyl (C=O) groups is 2. The summed E-state index contributed by atoms with van der Waals surface area (Å²) in [5, 5.41) is 0. The Hall–Kier alpha value is -1.10. The molecule has 2 heterocycles. The molecule has 0 N–H and O–H groups in total. The van der Waals surface area contributed by atoms with E-state index in [1.165, 1.54) is 0 Å². The fourth-order valence-electron chi connectivity index (χ4n) is 2.69. The van der Waals surface area contributed by atoms with Gasteiger partial charge >= 0.3 is 0 Å². The van der Waals surface area contributed by atoms with Crippen molar-refractivity contribution >= 4 is 11.8 Å². The van der Waals surface area contributed by atoms with E-state index in [0.717, 1.165) is 12.8 Å². The first-order chi connectivity index (χ1) is 8.91. The molecule has 2 aliphatic heterocycles. The highest BCUT2D eigenvalue weighted by Crippen LogP contribution is 2.26. The fraction of sp³-hybridized carbons (Fsp3) is 0.857. The number of carbonyl (C=O) groups excluding carboxylic acids is 2. The topological polar surface area (TPSA) is 49.9 Å². The van der Waals surface area contributed by atoms with E-state index in [4.69, 9.17) is 4.74 Å². The number of hydrogen-bond acceptors (Lipinski definition) is 3. The molecule has 2 amide bonds. The molecule has 0 aromatic rings. The van der Waals surface area contributed by atoms with Crippen molar-refractivity contribution in [1.82, 2.24) is 9.80 Å². The number of nitrogens with zero attached hydrogens (tertiary/aromatic N) is 2. The molecular formula is C14H24N2O3. The lowest BCUT2D eigenvalue weighted by molar-refractivity contribution is -0.150. The van der Waals surface area contributed by atoms with Crippen LogP contribution in [0.1, 0.15) is 33.6 Å². The number of likely N-dealkylation sites (tertiary alicyclic amines) is 1. The summed E-state index contributed by atoms with van der Waals surface area (Å²) < 4.78 is 5.27. The molecule has 0 aromatic heterocycles. The summed E-state index contributed by atoms with van der Waals surface area (Å²) in [6, 6.07) is -0.259. The lowest BCUT2D eigenvalue weighted by Gasteiger charge is -2.34. The third-order valence-electron chi connectivity index (χ3n) is 3.76. The van der Waals surface area contributed by atoms with Crippen LogP contribution in [0.4, 0.5) is 0 Å². The van der Waals surface area contributed by atoms with Crippen molar-refractivity contribution in [2.24, 2.45) is 5.41 Å². The van der Waals surface area contributed by atoms with Crippen LogP contribution in [0.2, 0.25) is 0 Å². The standard InChI is InChI=1S/C14H24N2O3/c1-14(2,3)13(18)16-6-4-5-11(16)12(17)15-7-9-19-10-8-15/h11H,4-10H2,1-3H3. The first-order valence-corrected chi connectivity index (χ1v) is 7.09. The van der Waals surface area contributed by atoms with E-state index in [1.807, 2.05) is 25.7 Å². The summed E-state index contributed by atoms with van der Waals surface area (Å²) in [6.45, 7) is 8.92. The average Bonchev–Trinajstić information content (AvgIpc) is 2.85. The summed E-state index contributed by atoms with van der Waals surface area (Å²) in [4.78, 5) is 28.5. The molecule has 0 aromatic carbocycles. The van der Waals surface area contributed by atoms with Crippen LogP contribution in [0.3, 0.4) is 0 Å². The Kier molecular flexibility index (Phi) is 4.13. The van der Waals surface area contributed by atoms with Crippen LogP contribution in [-0.4, -0.2) is 60.5 Å². The first-order valence-electron chi connectivity index (χ1n) is 7.09. The van der Waals surface area contributed by atoms with Gasteiger partial charge in [0, 0.05) is 25.0 Å². The normalized spacial score (nSPS) is 24.7. The van der Waals surface area contributed by atoms with E-state index in [1.54, 1.807) is 4.90 Å². The minimum absolute atomic E-state index is 0.0802. The van der Waals surface area contributed by atoms with Gasteiger partial charge in [-0.2, -0.15) is 0 Å². The predicted molar refractivity (Wildman–Crippen MR) is 71.6 cm³/mol. The summed E-state index contributed by atoms with van der Waals surface area (Å²) in [5.41, 5.74) is -0.423. The van der Waals surface area contributed by atoms with E-state index in [0.29, 0.717) is 32.8 Å². The van der Waals surface area contributed by atoms with E-state index in [2.05, 4.69) is 0 Å². The van der Waals surface area contributed by atoms with Gasteiger partial charge in [0.2, 0.25) is 11.8 Å². The minimum atomic E-state index is -0.423. The molecule has 1 unspecified atom stereocenters. The van der Waals surface area contributed by atoms with Crippen LogP contribution in [0.25, 0.3) is 0 Å². The maximum atomic E-state index is 12.5. The molecule has 1 atom stereocenters. The maximum Gasteiger partial charge on any atom is 0.245 e. The Balaban J connectivity index is 2.05. The zero-order valence-corrected chi connectivity index (χ0v) is 12.1. The van der Waals surface area contributed by atoms with Crippen molar-refractivity contribution in [2.45, 2.75) is 39.7 Å². The zero-order valence-electron chi connectivity index (χ0n) is 12.1. The Bertz CT molecular complexity index is 356. The van der Waals surface area contributed by atoms with Crippen molar-refractivity contribution in [2.75, 3.05) is 32.8 Å². The number of morpholine rings is 1. The van der Waals surface area contributed by atoms with Crippen LogP contribution in [0.15, 0.2) is 0 Å². The van der Waals surface area contributed by atoms with Crippen LogP contribution < -0.4 is 0 Å². The quantitative estimate of drug-likeness (QED) is 0.709. The van der Waals surface area contributed by atoms with Gasteiger partial charge in [0.25, 0.3) is 0 Å². The van der Waals surface area contributed by atoms with E-state index < -0.39 is 5.41 Å². The van der Waals surface area contributed by atoms with Gasteiger partial charge in [0.15, 0.2) is 0 Å². The highest BCUT2D eigenvalue weighted by molar-refractivity contribution is 5.90. The molecule has 5 nitrogen and oxygen atoms in total. The molecular weight excluding hydrogens is 244 g/mol. The van der Waals surface area contributed by atoms with E-state index in [9.17, 15) is 9.59 Å². The largest absolute Gasteiger partial charge is 0.378 e. The molecule has 0 saturated carbocycles.